The molecule has 0 aromatic heterocycles. The van der Waals surface area contributed by atoms with Crippen LogP contribution in [-0.4, -0.2) is 17.9 Å². The molecule has 17 heavy (non-hydrogen) atoms. The van der Waals surface area contributed by atoms with Gasteiger partial charge in [-0.15, -0.1) is 0 Å². The van der Waals surface area contributed by atoms with Crippen molar-refractivity contribution >= 4 is 29.1 Å². The Bertz CT molecular complexity index is 448. The highest BCUT2D eigenvalue weighted by Crippen LogP contribution is 2.19. The van der Waals surface area contributed by atoms with E-state index >= 15 is 0 Å². The maximum absolute atomic E-state index is 11.6. The first-order valence-electron chi connectivity index (χ1n) is 5.01. The van der Waals surface area contributed by atoms with Crippen LogP contribution in [0.1, 0.15) is 12.0 Å². The van der Waals surface area contributed by atoms with E-state index in [0.717, 1.165) is 5.56 Å². The molecule has 0 bridgehead atoms. The number of primary amides is 1. The number of rotatable bonds is 4. The number of hydrogen-bond donors (Lipinski definition) is 3. The average molecular weight is 256 g/mol. The fourth-order valence-corrected chi connectivity index (χ4v) is 1.40. The van der Waals surface area contributed by atoms with E-state index in [-0.39, 0.29) is 6.42 Å². The molecule has 0 saturated heterocycles. The Labute approximate surface area is 104 Å². The Morgan fingerprint density at radius 1 is 1.47 bits per heavy atom. The monoisotopic (exact) mass is 255 g/mol. The lowest BCUT2D eigenvalue weighted by atomic mass is 10.2. The molecule has 0 aliphatic rings. The van der Waals surface area contributed by atoms with Crippen LogP contribution >= 0.6 is 11.6 Å². The van der Waals surface area contributed by atoms with Crippen LogP contribution in [0.4, 0.5) is 5.69 Å². The number of benzene rings is 1. The van der Waals surface area contributed by atoms with Gasteiger partial charge in [0.05, 0.1) is 12.5 Å². The highest BCUT2D eigenvalue weighted by atomic mass is 35.5. The molecule has 92 valence electrons. The van der Waals surface area contributed by atoms with Crippen molar-refractivity contribution in [2.45, 2.75) is 19.4 Å². The van der Waals surface area contributed by atoms with E-state index in [1.807, 2.05) is 6.92 Å². The minimum absolute atomic E-state index is 0.189. The van der Waals surface area contributed by atoms with Crippen LogP contribution in [0.2, 0.25) is 5.02 Å². The van der Waals surface area contributed by atoms with Crippen LogP contribution in [0.15, 0.2) is 18.2 Å². The van der Waals surface area contributed by atoms with Crippen molar-refractivity contribution in [3.63, 3.8) is 0 Å². The van der Waals surface area contributed by atoms with Crippen LogP contribution in [0.5, 0.6) is 0 Å². The number of halogens is 1. The normalized spacial score (nSPS) is 11.9. The van der Waals surface area contributed by atoms with Crippen molar-refractivity contribution in [3.8, 4) is 0 Å². The third-order valence-electron chi connectivity index (χ3n) is 2.20. The molecular weight excluding hydrogens is 242 g/mol. The summed E-state index contributed by atoms with van der Waals surface area (Å²) < 4.78 is 0. The minimum Gasteiger partial charge on any atom is -0.370 e. The number of anilines is 1. The van der Waals surface area contributed by atoms with Gasteiger partial charge in [-0.25, -0.2) is 0 Å². The predicted molar refractivity (Wildman–Crippen MR) is 66.6 cm³/mol. The third kappa shape index (κ3) is 4.05. The first kappa shape index (κ1) is 13.5. The Morgan fingerprint density at radius 3 is 2.65 bits per heavy atom. The number of hydrogen-bond acceptors (Lipinski definition) is 3. The summed E-state index contributed by atoms with van der Waals surface area (Å²) >= 11 is 5.90. The predicted octanol–water partition coefficient (Wildman–Crippen LogP) is 0.790. The standard InChI is InChI=1S/C11H14ClN3O2/c1-6-2-3-7(4-8(6)12)15-11(17)9(13)5-10(14)16/h2-4,9H,5,13H2,1H3,(H2,14,16)(H,15,17). The smallest absolute Gasteiger partial charge is 0.241 e. The van der Waals surface area contributed by atoms with E-state index in [1.165, 1.54) is 0 Å². The number of carbonyl (C=O) groups is 2. The summed E-state index contributed by atoms with van der Waals surface area (Å²) in [5.41, 5.74) is 11.9. The second-order valence-corrected chi connectivity index (χ2v) is 4.14. The molecule has 0 aliphatic heterocycles. The summed E-state index contributed by atoms with van der Waals surface area (Å²) in [6.45, 7) is 1.85. The van der Waals surface area contributed by atoms with E-state index in [0.29, 0.717) is 10.7 Å². The van der Waals surface area contributed by atoms with Gasteiger partial charge in [0.1, 0.15) is 0 Å². The average Bonchev–Trinajstić information content (AvgIpc) is 2.22. The topological polar surface area (TPSA) is 98.2 Å². The molecular formula is C11H14ClN3O2. The summed E-state index contributed by atoms with van der Waals surface area (Å²) in [4.78, 5) is 22.2. The summed E-state index contributed by atoms with van der Waals surface area (Å²) in [7, 11) is 0. The zero-order valence-electron chi connectivity index (χ0n) is 9.37. The van der Waals surface area contributed by atoms with Crippen LogP contribution in [-0.2, 0) is 9.59 Å². The van der Waals surface area contributed by atoms with Crippen molar-refractivity contribution < 1.29 is 9.59 Å². The van der Waals surface area contributed by atoms with Gasteiger partial charge in [-0.1, -0.05) is 17.7 Å². The minimum atomic E-state index is -0.951. The highest BCUT2D eigenvalue weighted by Gasteiger charge is 2.16. The Morgan fingerprint density at radius 2 is 2.12 bits per heavy atom. The molecule has 1 unspecified atom stereocenters. The van der Waals surface area contributed by atoms with Gasteiger partial charge < -0.3 is 16.8 Å². The zero-order valence-corrected chi connectivity index (χ0v) is 10.1. The largest absolute Gasteiger partial charge is 0.370 e. The van der Waals surface area contributed by atoms with Gasteiger partial charge in [0, 0.05) is 10.7 Å². The first-order chi connectivity index (χ1) is 7.90. The molecule has 1 aromatic rings. The molecule has 0 heterocycles. The lowest BCUT2D eigenvalue weighted by molar-refractivity contribution is -0.123. The maximum atomic E-state index is 11.6. The SMILES string of the molecule is Cc1ccc(NC(=O)C(N)CC(N)=O)cc1Cl. The number of aryl methyl sites for hydroxylation is 1. The fourth-order valence-electron chi connectivity index (χ4n) is 1.22. The Kier molecular flexibility index (Phi) is 4.48. The molecule has 1 aromatic carbocycles. The van der Waals surface area contributed by atoms with Crippen molar-refractivity contribution in [2.24, 2.45) is 11.5 Å². The quantitative estimate of drug-likeness (QED) is 0.742. The van der Waals surface area contributed by atoms with Crippen LogP contribution in [0.3, 0.4) is 0 Å². The molecule has 2 amide bonds. The first-order valence-corrected chi connectivity index (χ1v) is 5.39. The van der Waals surface area contributed by atoms with Gasteiger partial charge in [0.15, 0.2) is 0 Å². The summed E-state index contributed by atoms with van der Waals surface area (Å²) in [6, 6.07) is 4.15. The fraction of sp³-hybridized carbons (Fsp3) is 0.273. The molecule has 0 spiro atoms. The molecule has 5 N–H and O–H groups in total. The van der Waals surface area contributed by atoms with Crippen molar-refractivity contribution in [1.82, 2.24) is 0 Å². The van der Waals surface area contributed by atoms with E-state index < -0.39 is 17.9 Å². The van der Waals surface area contributed by atoms with E-state index in [1.54, 1.807) is 18.2 Å². The zero-order chi connectivity index (χ0) is 13.0. The van der Waals surface area contributed by atoms with Gasteiger partial charge >= 0.3 is 0 Å². The highest BCUT2D eigenvalue weighted by molar-refractivity contribution is 6.31. The van der Waals surface area contributed by atoms with E-state index in [2.05, 4.69) is 5.32 Å². The molecule has 1 atom stereocenters. The lowest BCUT2D eigenvalue weighted by Crippen LogP contribution is -2.38. The van der Waals surface area contributed by atoms with Crippen LogP contribution < -0.4 is 16.8 Å². The summed E-state index contributed by atoms with van der Waals surface area (Å²) in [5, 5.41) is 3.11. The molecule has 5 nitrogen and oxygen atoms in total. The van der Waals surface area contributed by atoms with Crippen molar-refractivity contribution in [2.75, 3.05) is 5.32 Å². The van der Waals surface area contributed by atoms with Gasteiger partial charge in [-0.2, -0.15) is 0 Å². The molecule has 0 fully saturated rings. The summed E-state index contributed by atoms with van der Waals surface area (Å²) in [5.74, 6) is -1.08. The van der Waals surface area contributed by atoms with Crippen LogP contribution in [0, 0.1) is 6.92 Å². The van der Waals surface area contributed by atoms with Gasteiger partial charge in [0.2, 0.25) is 11.8 Å². The Hall–Kier alpha value is -1.59. The van der Waals surface area contributed by atoms with Gasteiger partial charge in [-0.3, -0.25) is 9.59 Å². The molecule has 6 heteroatoms. The third-order valence-corrected chi connectivity index (χ3v) is 2.60. The van der Waals surface area contributed by atoms with Gasteiger partial charge in [-0.05, 0) is 24.6 Å². The van der Waals surface area contributed by atoms with Gasteiger partial charge in [0.25, 0.3) is 0 Å². The number of nitrogens with one attached hydrogen (secondary N) is 1. The van der Waals surface area contributed by atoms with E-state index in [4.69, 9.17) is 23.1 Å². The Balaban J connectivity index is 2.67. The number of nitrogens with two attached hydrogens (primary N) is 2. The summed E-state index contributed by atoms with van der Waals surface area (Å²) in [6.07, 6.45) is -0.189. The van der Waals surface area contributed by atoms with Crippen LogP contribution in [0.25, 0.3) is 0 Å². The van der Waals surface area contributed by atoms with Crippen molar-refractivity contribution in [3.05, 3.63) is 28.8 Å². The van der Waals surface area contributed by atoms with Crippen molar-refractivity contribution in [1.29, 1.82) is 0 Å². The maximum Gasteiger partial charge on any atom is 0.241 e. The number of carbonyl (C=O) groups excluding carboxylic acids is 2. The molecule has 1 rings (SSSR count). The second kappa shape index (κ2) is 5.65. The lowest BCUT2D eigenvalue weighted by Gasteiger charge is -2.11. The second-order valence-electron chi connectivity index (χ2n) is 3.73. The number of amides is 2. The molecule has 0 saturated carbocycles. The van der Waals surface area contributed by atoms with E-state index in [9.17, 15) is 9.59 Å². The molecule has 0 aliphatic carbocycles. The molecule has 0 radical (unpaired) electrons.